The van der Waals surface area contributed by atoms with Crippen LogP contribution >= 0.6 is 7.82 Å². The van der Waals surface area contributed by atoms with E-state index in [0.717, 1.165) is 12.8 Å². The molecule has 0 saturated heterocycles. The molecule has 9 heteroatoms. The number of carbonyl (C=O) groups excluding carboxylic acids is 1. The number of ether oxygens (including phenoxy) is 2. The first-order valence-corrected chi connectivity index (χ1v) is 18.4. The number of phosphoric ester groups is 1. The van der Waals surface area contributed by atoms with E-state index in [1.54, 1.807) is 0 Å². The predicted octanol–water partition coefficient (Wildman–Crippen LogP) is 8.76. The SMILES string of the molecule is CCCCCCCCC/C=C\CCCCCCCCCCOCC(COP(=O)(O)OCC[N+](C)(C)C)OC(=O)CCC. The van der Waals surface area contributed by atoms with Crippen molar-refractivity contribution in [2.75, 3.05) is 54.1 Å². The Bertz CT molecular complexity index is 696. The number of nitrogens with zero attached hydrogens (tertiary/aromatic N) is 1. The van der Waals surface area contributed by atoms with Crippen molar-refractivity contribution in [3.05, 3.63) is 12.2 Å². The summed E-state index contributed by atoms with van der Waals surface area (Å²) < 4.78 is 34.1. The molecule has 0 spiro atoms. The fourth-order valence-electron chi connectivity index (χ4n) is 4.41. The van der Waals surface area contributed by atoms with Crippen LogP contribution in [0.1, 0.15) is 136 Å². The summed E-state index contributed by atoms with van der Waals surface area (Å²) in [5.74, 6) is -0.368. The van der Waals surface area contributed by atoms with E-state index in [9.17, 15) is 14.3 Å². The van der Waals surface area contributed by atoms with Gasteiger partial charge in [0.25, 0.3) is 0 Å². The van der Waals surface area contributed by atoms with Gasteiger partial charge in [-0.25, -0.2) is 4.57 Å². The third kappa shape index (κ3) is 30.7. The molecule has 1 N–H and O–H groups in total. The van der Waals surface area contributed by atoms with Crippen LogP contribution in [-0.4, -0.2) is 75.6 Å². The van der Waals surface area contributed by atoms with Crippen LogP contribution < -0.4 is 0 Å². The molecular formula is C33H67NO7P+. The van der Waals surface area contributed by atoms with Crippen LogP contribution in [0.15, 0.2) is 12.2 Å². The maximum absolute atomic E-state index is 12.2. The van der Waals surface area contributed by atoms with Gasteiger partial charge >= 0.3 is 13.8 Å². The first-order chi connectivity index (χ1) is 20.1. The standard InChI is InChI=1S/C33H66NO7P/c1-6-8-9-10-11-12-13-14-15-16-17-18-19-20-21-22-23-24-25-28-38-30-32(41-33(35)26-7-2)31-40-42(36,37)39-29-27-34(3,4)5/h15-16,32H,6-14,17-31H2,1-5H3/p+1/b16-15-. The molecule has 0 rings (SSSR count). The van der Waals surface area contributed by atoms with Crippen LogP contribution in [0, 0.1) is 0 Å². The molecule has 0 amide bonds. The number of esters is 1. The average Bonchev–Trinajstić information content (AvgIpc) is 2.91. The molecule has 42 heavy (non-hydrogen) atoms. The molecule has 8 nitrogen and oxygen atoms in total. The number of hydrogen-bond acceptors (Lipinski definition) is 6. The smallest absolute Gasteiger partial charge is 0.457 e. The normalized spacial score (nSPS) is 14.3. The number of quaternary nitrogens is 1. The summed E-state index contributed by atoms with van der Waals surface area (Å²) in [5, 5.41) is 0. The van der Waals surface area contributed by atoms with Crippen LogP contribution in [0.4, 0.5) is 0 Å². The Morgan fingerprint density at radius 1 is 0.714 bits per heavy atom. The minimum absolute atomic E-state index is 0.0881. The molecular weight excluding hydrogens is 553 g/mol. The number of likely N-dealkylation sites (N-methyl/N-ethyl adjacent to an activating group) is 1. The van der Waals surface area contributed by atoms with E-state index in [1.165, 1.54) is 96.3 Å². The third-order valence-electron chi connectivity index (χ3n) is 7.05. The van der Waals surface area contributed by atoms with Crippen LogP contribution in [0.5, 0.6) is 0 Å². The molecule has 0 aliphatic carbocycles. The number of rotatable bonds is 31. The van der Waals surface area contributed by atoms with Gasteiger partial charge in [0, 0.05) is 13.0 Å². The van der Waals surface area contributed by atoms with E-state index in [4.69, 9.17) is 18.5 Å². The lowest BCUT2D eigenvalue weighted by molar-refractivity contribution is -0.870. The molecule has 0 fully saturated rings. The maximum atomic E-state index is 12.2. The molecule has 250 valence electrons. The van der Waals surface area contributed by atoms with Gasteiger partial charge in [-0.15, -0.1) is 0 Å². The van der Waals surface area contributed by atoms with Crippen molar-refractivity contribution in [2.45, 2.75) is 142 Å². The number of phosphoric acid groups is 1. The van der Waals surface area contributed by atoms with Crippen LogP contribution in [0.25, 0.3) is 0 Å². The minimum Gasteiger partial charge on any atom is -0.457 e. The lowest BCUT2D eigenvalue weighted by atomic mass is 10.1. The largest absolute Gasteiger partial charge is 0.472 e. The van der Waals surface area contributed by atoms with Gasteiger partial charge in [-0.3, -0.25) is 13.8 Å². The van der Waals surface area contributed by atoms with Gasteiger partial charge in [0.15, 0.2) is 0 Å². The monoisotopic (exact) mass is 620 g/mol. The Hall–Kier alpha value is -0.760. The van der Waals surface area contributed by atoms with E-state index < -0.39 is 13.9 Å². The lowest BCUT2D eigenvalue weighted by Gasteiger charge is -2.24. The summed E-state index contributed by atoms with van der Waals surface area (Å²) in [6, 6.07) is 0. The van der Waals surface area contributed by atoms with E-state index in [0.29, 0.717) is 24.1 Å². The molecule has 2 unspecified atom stereocenters. The Kier molecular flexibility index (Phi) is 27.3. The van der Waals surface area contributed by atoms with E-state index in [2.05, 4.69) is 19.1 Å². The van der Waals surface area contributed by atoms with Gasteiger partial charge in [-0.1, -0.05) is 103 Å². The maximum Gasteiger partial charge on any atom is 0.472 e. The number of hydrogen-bond donors (Lipinski definition) is 1. The van der Waals surface area contributed by atoms with Gasteiger partial charge in [0.05, 0.1) is 34.4 Å². The van der Waals surface area contributed by atoms with Gasteiger partial charge in [-0.2, -0.15) is 0 Å². The lowest BCUT2D eigenvalue weighted by Crippen LogP contribution is -2.37. The summed E-state index contributed by atoms with van der Waals surface area (Å²) in [7, 11) is 1.66. The van der Waals surface area contributed by atoms with Crippen molar-refractivity contribution < 1.29 is 37.3 Å². The van der Waals surface area contributed by atoms with E-state index >= 15 is 0 Å². The second-order valence-electron chi connectivity index (χ2n) is 12.5. The molecule has 0 aromatic carbocycles. The summed E-state index contributed by atoms with van der Waals surface area (Å²) in [5.41, 5.74) is 0. The van der Waals surface area contributed by atoms with E-state index in [1.807, 2.05) is 28.1 Å². The second kappa shape index (κ2) is 27.8. The average molecular weight is 621 g/mol. The molecule has 0 heterocycles. The fraction of sp³-hybridized carbons (Fsp3) is 0.909. The zero-order valence-corrected chi connectivity index (χ0v) is 28.9. The van der Waals surface area contributed by atoms with Crippen molar-refractivity contribution in [3.8, 4) is 0 Å². The summed E-state index contributed by atoms with van der Waals surface area (Å²) >= 11 is 0. The highest BCUT2D eigenvalue weighted by Crippen LogP contribution is 2.43. The molecule has 0 aliphatic rings. The topological polar surface area (TPSA) is 91.3 Å². The zero-order chi connectivity index (χ0) is 31.4. The third-order valence-corrected chi connectivity index (χ3v) is 8.03. The Balaban J connectivity index is 3.84. The van der Waals surface area contributed by atoms with E-state index in [-0.39, 0.29) is 32.2 Å². The number of carbonyl (C=O) groups is 1. The Morgan fingerprint density at radius 3 is 1.76 bits per heavy atom. The predicted molar refractivity (Wildman–Crippen MR) is 174 cm³/mol. The summed E-state index contributed by atoms with van der Waals surface area (Å²) in [4.78, 5) is 21.9. The van der Waals surface area contributed by atoms with Crippen LogP contribution in [0.2, 0.25) is 0 Å². The quantitative estimate of drug-likeness (QED) is 0.0272. The summed E-state index contributed by atoms with van der Waals surface area (Å²) in [6.07, 6.45) is 26.7. The van der Waals surface area contributed by atoms with Gasteiger partial charge < -0.3 is 18.9 Å². The van der Waals surface area contributed by atoms with Crippen molar-refractivity contribution in [2.24, 2.45) is 0 Å². The van der Waals surface area contributed by atoms with Gasteiger partial charge in [0.2, 0.25) is 0 Å². The number of allylic oxidation sites excluding steroid dienone is 2. The molecule has 2 atom stereocenters. The minimum atomic E-state index is -4.23. The van der Waals surface area contributed by atoms with Gasteiger partial charge in [0.1, 0.15) is 19.3 Å². The molecule has 0 radical (unpaired) electrons. The van der Waals surface area contributed by atoms with Gasteiger partial charge in [-0.05, 0) is 38.5 Å². The zero-order valence-electron chi connectivity index (χ0n) is 28.0. The number of unbranched alkanes of at least 4 members (excludes halogenated alkanes) is 15. The van der Waals surface area contributed by atoms with Crippen molar-refractivity contribution in [1.29, 1.82) is 0 Å². The highest BCUT2D eigenvalue weighted by atomic mass is 31.2. The van der Waals surface area contributed by atoms with Crippen molar-refractivity contribution >= 4 is 13.8 Å². The molecule has 0 saturated carbocycles. The van der Waals surface area contributed by atoms with Crippen molar-refractivity contribution in [1.82, 2.24) is 0 Å². The first-order valence-electron chi connectivity index (χ1n) is 16.9. The second-order valence-corrected chi connectivity index (χ2v) is 14.0. The Labute approximate surface area is 259 Å². The first kappa shape index (κ1) is 41.2. The van der Waals surface area contributed by atoms with Crippen LogP contribution in [-0.2, 0) is 27.9 Å². The van der Waals surface area contributed by atoms with Crippen molar-refractivity contribution in [3.63, 3.8) is 0 Å². The molecule has 0 aromatic rings. The highest BCUT2D eigenvalue weighted by Gasteiger charge is 2.26. The molecule has 0 bridgehead atoms. The fourth-order valence-corrected chi connectivity index (χ4v) is 5.15. The summed E-state index contributed by atoms with van der Waals surface area (Å²) in [6.45, 7) is 5.25. The molecule has 0 aromatic heterocycles. The Morgan fingerprint density at radius 2 is 1.24 bits per heavy atom. The molecule has 0 aliphatic heterocycles. The highest BCUT2D eigenvalue weighted by molar-refractivity contribution is 7.47. The van der Waals surface area contributed by atoms with Crippen LogP contribution in [0.3, 0.4) is 0 Å².